The lowest BCUT2D eigenvalue weighted by Crippen LogP contribution is -2.40. The highest BCUT2D eigenvalue weighted by Crippen LogP contribution is 2.35. The molecule has 0 amide bonds. The Bertz CT molecular complexity index is 648. The Balaban J connectivity index is 0.00000288. The van der Waals surface area contributed by atoms with E-state index in [-0.39, 0.29) is 27.3 Å². The molecule has 1 aliphatic rings. The lowest BCUT2D eigenvalue weighted by molar-refractivity contribution is 0.268. The second-order valence-electron chi connectivity index (χ2n) is 5.57. The second-order valence-corrected chi connectivity index (χ2v) is 8.29. The van der Waals surface area contributed by atoms with Gasteiger partial charge in [-0.1, -0.05) is 30.1 Å². The predicted molar refractivity (Wildman–Crippen MR) is 100 cm³/mol. The Labute approximate surface area is 160 Å². The number of nitrogens with zero attached hydrogens (tertiary/aromatic N) is 1. The topological polar surface area (TPSA) is 58.6 Å². The molecule has 138 valence electrons. The van der Waals surface area contributed by atoms with E-state index >= 15 is 0 Å². The van der Waals surface area contributed by atoms with E-state index in [0.29, 0.717) is 24.8 Å². The van der Waals surface area contributed by atoms with Gasteiger partial charge in [0.05, 0.1) is 17.2 Å². The molecule has 0 unspecified atom stereocenters. The quantitative estimate of drug-likeness (QED) is 0.770. The van der Waals surface area contributed by atoms with Crippen LogP contribution in [0.2, 0.25) is 10.0 Å². The largest absolute Gasteiger partial charge is 0.495 e. The highest BCUT2D eigenvalue weighted by atomic mass is 35.5. The summed E-state index contributed by atoms with van der Waals surface area (Å²) in [4.78, 5) is 0.0371. The molecule has 1 saturated heterocycles. The molecule has 1 aromatic rings. The minimum atomic E-state index is -3.64. The van der Waals surface area contributed by atoms with Gasteiger partial charge >= 0.3 is 0 Å². The van der Waals surface area contributed by atoms with Gasteiger partial charge in [-0.3, -0.25) is 0 Å². The first-order chi connectivity index (χ1) is 10.9. The van der Waals surface area contributed by atoms with Gasteiger partial charge in [-0.05, 0) is 37.9 Å². The van der Waals surface area contributed by atoms with Gasteiger partial charge in [-0.2, -0.15) is 4.31 Å². The molecule has 9 heteroatoms. The minimum absolute atomic E-state index is 0. The van der Waals surface area contributed by atoms with E-state index in [1.54, 1.807) is 0 Å². The van der Waals surface area contributed by atoms with Gasteiger partial charge in [0, 0.05) is 19.2 Å². The summed E-state index contributed by atoms with van der Waals surface area (Å²) < 4.78 is 32.2. The number of nitrogens with one attached hydrogen (secondary N) is 1. The van der Waals surface area contributed by atoms with E-state index in [4.69, 9.17) is 27.9 Å². The zero-order chi connectivity index (χ0) is 17.0. The normalized spacial score (nSPS) is 16.7. The molecule has 0 spiro atoms. The lowest BCUT2D eigenvalue weighted by Gasteiger charge is -2.31. The zero-order valence-electron chi connectivity index (χ0n) is 13.7. The van der Waals surface area contributed by atoms with Crippen molar-refractivity contribution in [1.29, 1.82) is 0 Å². The third-order valence-corrected chi connectivity index (χ3v) is 6.74. The summed E-state index contributed by atoms with van der Waals surface area (Å²) in [5.74, 6) is 0.872. The van der Waals surface area contributed by atoms with Crippen LogP contribution in [0.1, 0.15) is 19.8 Å². The number of piperidine rings is 1. The first-order valence-electron chi connectivity index (χ1n) is 7.64. The third-order valence-electron chi connectivity index (χ3n) is 4.08. The van der Waals surface area contributed by atoms with Crippen molar-refractivity contribution in [3.05, 3.63) is 22.2 Å². The molecule has 0 saturated carbocycles. The first-order valence-corrected chi connectivity index (χ1v) is 9.83. The number of ether oxygens (including phenoxy) is 1. The zero-order valence-corrected chi connectivity index (χ0v) is 16.9. The van der Waals surface area contributed by atoms with Crippen LogP contribution >= 0.6 is 35.6 Å². The van der Waals surface area contributed by atoms with Crippen molar-refractivity contribution in [2.24, 2.45) is 5.92 Å². The summed E-state index contributed by atoms with van der Waals surface area (Å²) in [6.07, 6.45) is 1.68. The molecule has 1 N–H and O–H groups in total. The summed E-state index contributed by atoms with van der Waals surface area (Å²) in [6.45, 7) is 4.92. The number of halogens is 3. The summed E-state index contributed by atoms with van der Waals surface area (Å²) in [6, 6.07) is 2.80. The van der Waals surface area contributed by atoms with Gasteiger partial charge in [-0.25, -0.2) is 8.42 Å². The Morgan fingerprint density at radius 1 is 1.25 bits per heavy atom. The van der Waals surface area contributed by atoms with E-state index in [0.717, 1.165) is 25.9 Å². The summed E-state index contributed by atoms with van der Waals surface area (Å²) in [7, 11) is -2.18. The molecule has 5 nitrogen and oxygen atoms in total. The van der Waals surface area contributed by atoms with Gasteiger partial charge in [0.15, 0.2) is 0 Å². The van der Waals surface area contributed by atoms with Crippen molar-refractivity contribution in [1.82, 2.24) is 9.62 Å². The third kappa shape index (κ3) is 4.90. The molecule has 0 radical (unpaired) electrons. The van der Waals surface area contributed by atoms with E-state index in [9.17, 15) is 8.42 Å². The van der Waals surface area contributed by atoms with Crippen molar-refractivity contribution in [2.45, 2.75) is 24.7 Å². The molecule has 0 bridgehead atoms. The van der Waals surface area contributed by atoms with Crippen molar-refractivity contribution in [3.63, 3.8) is 0 Å². The fourth-order valence-electron chi connectivity index (χ4n) is 2.71. The molecular weight excluding hydrogens is 395 g/mol. The molecule has 1 heterocycles. The Hall–Kier alpha value is -0.240. The number of hydrogen-bond acceptors (Lipinski definition) is 4. The van der Waals surface area contributed by atoms with Crippen LogP contribution < -0.4 is 10.1 Å². The summed E-state index contributed by atoms with van der Waals surface area (Å²) >= 11 is 12.2. The molecule has 0 aliphatic carbocycles. The average molecular weight is 418 g/mol. The van der Waals surface area contributed by atoms with Crippen LogP contribution in [0.4, 0.5) is 0 Å². The number of benzene rings is 1. The first kappa shape index (κ1) is 21.8. The van der Waals surface area contributed by atoms with Gasteiger partial charge in [0.25, 0.3) is 0 Å². The standard InChI is InChI=1S/C15H22Cl2N2O3S.ClH/c1-3-18-10-11-4-6-19(7-5-11)23(20,21)15-9-12(16)14(22-2)8-13(15)17;/h8-9,11,18H,3-7,10H2,1-2H3;1H. The monoisotopic (exact) mass is 416 g/mol. The van der Waals surface area contributed by atoms with E-state index in [1.807, 2.05) is 0 Å². The smallest absolute Gasteiger partial charge is 0.244 e. The molecule has 1 aliphatic heterocycles. The minimum Gasteiger partial charge on any atom is -0.495 e. The van der Waals surface area contributed by atoms with E-state index < -0.39 is 10.0 Å². The number of sulfonamides is 1. The molecule has 2 rings (SSSR count). The van der Waals surface area contributed by atoms with Crippen molar-refractivity contribution >= 4 is 45.6 Å². The van der Waals surface area contributed by atoms with Crippen LogP contribution in [-0.2, 0) is 10.0 Å². The maximum Gasteiger partial charge on any atom is 0.244 e. The maximum atomic E-state index is 12.8. The van der Waals surface area contributed by atoms with Crippen LogP contribution in [0.25, 0.3) is 0 Å². The number of hydrogen-bond donors (Lipinski definition) is 1. The Kier molecular flexibility index (Phi) is 8.59. The van der Waals surface area contributed by atoms with Crippen LogP contribution in [-0.4, -0.2) is 46.0 Å². The van der Waals surface area contributed by atoms with Gasteiger partial charge in [-0.15, -0.1) is 12.4 Å². The highest BCUT2D eigenvalue weighted by Gasteiger charge is 2.31. The Morgan fingerprint density at radius 2 is 1.88 bits per heavy atom. The van der Waals surface area contributed by atoms with Crippen molar-refractivity contribution < 1.29 is 13.2 Å². The molecule has 1 fully saturated rings. The number of rotatable bonds is 6. The van der Waals surface area contributed by atoms with Crippen LogP contribution in [0.3, 0.4) is 0 Å². The fourth-order valence-corrected chi connectivity index (χ4v) is 5.00. The maximum absolute atomic E-state index is 12.8. The SMILES string of the molecule is CCNCC1CCN(S(=O)(=O)c2cc(Cl)c(OC)cc2Cl)CC1.Cl. The van der Waals surface area contributed by atoms with Crippen LogP contribution in [0, 0.1) is 5.92 Å². The van der Waals surface area contributed by atoms with E-state index in [1.165, 1.54) is 23.5 Å². The van der Waals surface area contributed by atoms with E-state index in [2.05, 4.69) is 12.2 Å². The summed E-state index contributed by atoms with van der Waals surface area (Å²) in [5, 5.41) is 3.67. The fraction of sp³-hybridized carbons (Fsp3) is 0.600. The highest BCUT2D eigenvalue weighted by molar-refractivity contribution is 7.89. The van der Waals surface area contributed by atoms with Crippen molar-refractivity contribution in [2.75, 3.05) is 33.3 Å². The molecular formula is C15H23Cl3N2O3S. The number of methoxy groups -OCH3 is 1. The predicted octanol–water partition coefficient (Wildman–Crippen LogP) is 3.43. The Morgan fingerprint density at radius 3 is 2.42 bits per heavy atom. The second kappa shape index (κ2) is 9.46. The molecule has 1 aromatic carbocycles. The van der Waals surface area contributed by atoms with Crippen molar-refractivity contribution in [3.8, 4) is 5.75 Å². The molecule has 0 atom stereocenters. The van der Waals surface area contributed by atoms with Gasteiger partial charge < -0.3 is 10.1 Å². The van der Waals surface area contributed by atoms with Gasteiger partial charge in [0.1, 0.15) is 10.6 Å². The summed E-state index contributed by atoms with van der Waals surface area (Å²) in [5.41, 5.74) is 0. The van der Waals surface area contributed by atoms with Crippen LogP contribution in [0.5, 0.6) is 5.75 Å². The van der Waals surface area contributed by atoms with Gasteiger partial charge in [0.2, 0.25) is 10.0 Å². The average Bonchev–Trinajstić information content (AvgIpc) is 2.54. The molecule has 0 aromatic heterocycles. The molecule has 24 heavy (non-hydrogen) atoms. The van der Waals surface area contributed by atoms with Crippen LogP contribution in [0.15, 0.2) is 17.0 Å². The lowest BCUT2D eigenvalue weighted by atomic mass is 9.98.